The molecule has 2 atom stereocenters. The number of aromatic nitrogens is 3. The van der Waals surface area contributed by atoms with E-state index in [-0.39, 0.29) is 0 Å². The molecule has 0 spiro atoms. The van der Waals surface area contributed by atoms with Crippen LogP contribution in [0.3, 0.4) is 0 Å². The second kappa shape index (κ2) is 4.86. The highest BCUT2D eigenvalue weighted by molar-refractivity contribution is 8.23. The van der Waals surface area contributed by atoms with Gasteiger partial charge in [0.2, 0.25) is 0 Å². The summed E-state index contributed by atoms with van der Waals surface area (Å²) in [7, 11) is 1.25. The van der Waals surface area contributed by atoms with Crippen LogP contribution < -0.4 is 0 Å². The third-order valence-electron chi connectivity index (χ3n) is 2.59. The first-order chi connectivity index (χ1) is 8.38. The first-order valence-electron chi connectivity index (χ1n) is 5.18. The SMILES string of the molecule is ClPPCc1cn2ccc3ncccc3c2n1. The Balaban J connectivity index is 2.17. The van der Waals surface area contributed by atoms with Crippen molar-refractivity contribution in [3.63, 3.8) is 0 Å². The van der Waals surface area contributed by atoms with E-state index in [1.807, 2.05) is 18.3 Å². The molecule has 2 unspecified atom stereocenters. The van der Waals surface area contributed by atoms with E-state index in [1.165, 1.54) is 0 Å². The maximum atomic E-state index is 5.74. The van der Waals surface area contributed by atoms with E-state index in [0.717, 1.165) is 36.7 Å². The number of imidazole rings is 1. The van der Waals surface area contributed by atoms with Gasteiger partial charge < -0.3 is 4.40 Å². The highest BCUT2D eigenvalue weighted by atomic mass is 35.7. The van der Waals surface area contributed by atoms with Gasteiger partial charge in [-0.25, -0.2) is 4.98 Å². The lowest BCUT2D eigenvalue weighted by Gasteiger charge is -1.97. The normalized spacial score (nSPS) is 12.8. The zero-order valence-electron chi connectivity index (χ0n) is 8.89. The Morgan fingerprint density at radius 2 is 2.29 bits per heavy atom. The summed E-state index contributed by atoms with van der Waals surface area (Å²) in [6.07, 6.45) is 6.85. The predicted molar refractivity (Wildman–Crippen MR) is 76.7 cm³/mol. The smallest absolute Gasteiger partial charge is 0.146 e. The minimum absolute atomic E-state index is 0.490. The molecule has 3 aromatic rings. The number of nitrogens with zero attached hydrogens (tertiary/aromatic N) is 3. The second-order valence-corrected chi connectivity index (χ2v) is 7.89. The lowest BCUT2D eigenvalue weighted by molar-refractivity contribution is 1.19. The molecule has 0 aromatic carbocycles. The van der Waals surface area contributed by atoms with E-state index in [9.17, 15) is 0 Å². The topological polar surface area (TPSA) is 30.2 Å². The average Bonchev–Trinajstić information content (AvgIpc) is 2.79. The largest absolute Gasteiger partial charge is 0.306 e. The fraction of sp³-hybridized carbons (Fsp3) is 0.0909. The molecule has 3 aromatic heterocycles. The molecular weight excluding hydrogens is 272 g/mol. The van der Waals surface area contributed by atoms with Crippen LogP contribution in [0.1, 0.15) is 5.69 Å². The Labute approximate surface area is 107 Å². The summed E-state index contributed by atoms with van der Waals surface area (Å²) < 4.78 is 2.06. The van der Waals surface area contributed by atoms with E-state index in [0.29, 0.717) is 7.62 Å². The molecule has 0 saturated carbocycles. The minimum Gasteiger partial charge on any atom is -0.306 e. The van der Waals surface area contributed by atoms with Gasteiger partial charge in [0.05, 0.1) is 11.2 Å². The molecule has 6 heteroatoms. The van der Waals surface area contributed by atoms with Gasteiger partial charge in [0.25, 0.3) is 0 Å². The van der Waals surface area contributed by atoms with Gasteiger partial charge in [0, 0.05) is 30.1 Å². The van der Waals surface area contributed by atoms with Crippen LogP contribution in [0.25, 0.3) is 16.6 Å². The number of rotatable bonds is 3. The summed E-state index contributed by atoms with van der Waals surface area (Å²) in [5, 5.41) is 1.10. The molecule has 0 radical (unpaired) electrons. The number of hydrogen-bond acceptors (Lipinski definition) is 2. The number of halogens is 1. The van der Waals surface area contributed by atoms with Crippen LogP contribution in [0, 0.1) is 0 Å². The number of hydrogen-bond donors (Lipinski definition) is 0. The van der Waals surface area contributed by atoms with Crippen molar-refractivity contribution in [2.75, 3.05) is 0 Å². The summed E-state index contributed by atoms with van der Waals surface area (Å²) in [5.41, 5.74) is 3.07. The second-order valence-electron chi connectivity index (χ2n) is 3.66. The Morgan fingerprint density at radius 1 is 1.35 bits per heavy atom. The van der Waals surface area contributed by atoms with Crippen LogP contribution in [0.15, 0.2) is 36.8 Å². The molecule has 3 nitrogen and oxygen atoms in total. The fourth-order valence-corrected chi connectivity index (χ4v) is 3.62. The third kappa shape index (κ3) is 2.15. The lowest BCUT2D eigenvalue weighted by atomic mass is 10.2. The van der Waals surface area contributed by atoms with Crippen molar-refractivity contribution in [3.05, 3.63) is 42.5 Å². The van der Waals surface area contributed by atoms with Crippen molar-refractivity contribution < 1.29 is 0 Å². The molecule has 3 heterocycles. The van der Waals surface area contributed by atoms with Crippen LogP contribution in [0.2, 0.25) is 0 Å². The van der Waals surface area contributed by atoms with E-state index in [1.54, 1.807) is 6.20 Å². The summed E-state index contributed by atoms with van der Waals surface area (Å²) in [6, 6.07) is 6.01. The van der Waals surface area contributed by atoms with Gasteiger partial charge >= 0.3 is 0 Å². The van der Waals surface area contributed by atoms with Crippen LogP contribution in [0.5, 0.6) is 0 Å². The van der Waals surface area contributed by atoms with Crippen molar-refractivity contribution >= 4 is 43.7 Å². The number of pyridine rings is 2. The van der Waals surface area contributed by atoms with Crippen LogP contribution in [-0.2, 0) is 6.16 Å². The predicted octanol–water partition coefficient (Wildman–Crippen LogP) is 3.81. The summed E-state index contributed by atoms with van der Waals surface area (Å²) in [6.45, 7) is 0. The molecule has 0 N–H and O–H groups in total. The van der Waals surface area contributed by atoms with Gasteiger partial charge in [0.1, 0.15) is 5.65 Å². The summed E-state index contributed by atoms with van der Waals surface area (Å²) in [5.74, 6) is 0. The maximum Gasteiger partial charge on any atom is 0.146 e. The molecule has 0 fully saturated rings. The first kappa shape index (κ1) is 11.3. The van der Waals surface area contributed by atoms with Crippen LogP contribution >= 0.6 is 27.1 Å². The van der Waals surface area contributed by atoms with Crippen molar-refractivity contribution in [1.82, 2.24) is 14.4 Å². The van der Waals surface area contributed by atoms with E-state index in [2.05, 4.69) is 26.6 Å². The molecule has 0 amide bonds. The quantitative estimate of drug-likeness (QED) is 0.683. The monoisotopic (exact) mass is 281 g/mol. The van der Waals surface area contributed by atoms with E-state index in [4.69, 9.17) is 11.2 Å². The third-order valence-corrected chi connectivity index (χ3v) is 5.40. The van der Waals surface area contributed by atoms with Crippen molar-refractivity contribution in [1.29, 1.82) is 0 Å². The Morgan fingerprint density at radius 3 is 3.18 bits per heavy atom. The zero-order valence-corrected chi connectivity index (χ0v) is 11.6. The van der Waals surface area contributed by atoms with Crippen molar-refractivity contribution in [2.24, 2.45) is 0 Å². The molecular formula is C11H10ClN3P2. The van der Waals surface area contributed by atoms with Gasteiger partial charge in [-0.05, 0) is 25.8 Å². The van der Waals surface area contributed by atoms with Crippen LogP contribution in [-0.4, -0.2) is 14.4 Å². The molecule has 0 bridgehead atoms. The molecule has 3 rings (SSSR count). The van der Waals surface area contributed by atoms with Gasteiger partial charge in [0.15, 0.2) is 0 Å². The van der Waals surface area contributed by atoms with Gasteiger partial charge in [-0.15, -0.1) is 0 Å². The maximum absolute atomic E-state index is 5.74. The highest BCUT2D eigenvalue weighted by Gasteiger charge is 2.05. The Hall–Kier alpha value is -0.750. The van der Waals surface area contributed by atoms with Gasteiger partial charge in [-0.1, -0.05) is 19.5 Å². The average molecular weight is 282 g/mol. The lowest BCUT2D eigenvalue weighted by Crippen LogP contribution is -1.85. The standard InChI is InChI=1S/C11H10ClN3P2/c12-17-16-7-8-6-15-5-3-10-9(11(15)14-8)2-1-4-13-10/h1-6,16-17H,7H2. The zero-order chi connectivity index (χ0) is 11.7. The Kier molecular flexibility index (Phi) is 3.24. The molecule has 0 aliphatic heterocycles. The van der Waals surface area contributed by atoms with Crippen molar-refractivity contribution in [2.45, 2.75) is 6.16 Å². The first-order valence-corrected chi connectivity index (χ1v) is 9.40. The molecule has 86 valence electrons. The fourth-order valence-electron chi connectivity index (χ4n) is 1.86. The minimum atomic E-state index is 0.490. The van der Waals surface area contributed by atoms with Crippen LogP contribution in [0.4, 0.5) is 0 Å². The van der Waals surface area contributed by atoms with Crippen molar-refractivity contribution in [3.8, 4) is 0 Å². The number of fused-ring (bicyclic) bond motifs is 3. The molecule has 0 aliphatic carbocycles. The molecule has 17 heavy (non-hydrogen) atoms. The van der Waals surface area contributed by atoms with Gasteiger partial charge in [-0.3, -0.25) is 4.98 Å². The Bertz CT molecular complexity index is 668. The molecule has 0 saturated heterocycles. The molecule has 0 aliphatic rings. The van der Waals surface area contributed by atoms with Gasteiger partial charge in [-0.2, -0.15) is 0 Å². The highest BCUT2D eigenvalue weighted by Crippen LogP contribution is 2.43. The van der Waals surface area contributed by atoms with E-state index >= 15 is 0 Å². The summed E-state index contributed by atoms with van der Waals surface area (Å²) in [4.78, 5) is 8.99. The van der Waals surface area contributed by atoms with E-state index < -0.39 is 0 Å². The summed E-state index contributed by atoms with van der Waals surface area (Å²) >= 11 is 5.74.